The third-order valence-electron chi connectivity index (χ3n) is 4.93. The van der Waals surface area contributed by atoms with Crippen molar-refractivity contribution in [2.75, 3.05) is 18.0 Å². The Hall–Kier alpha value is -3.23. The molecule has 27 heavy (non-hydrogen) atoms. The second kappa shape index (κ2) is 7.18. The maximum atomic E-state index is 11.2. The minimum atomic E-state index is -1.01. The second-order valence-electron chi connectivity index (χ2n) is 6.71. The van der Waals surface area contributed by atoms with E-state index in [9.17, 15) is 9.90 Å². The van der Waals surface area contributed by atoms with Crippen LogP contribution in [-0.4, -0.2) is 53.7 Å². The van der Waals surface area contributed by atoms with Gasteiger partial charge in [-0.25, -0.2) is 9.78 Å². The molecule has 1 saturated heterocycles. The van der Waals surface area contributed by atoms with E-state index in [1.807, 2.05) is 34.6 Å². The molecule has 1 aliphatic heterocycles. The number of hydrogen-bond donors (Lipinski definition) is 1. The van der Waals surface area contributed by atoms with Crippen molar-refractivity contribution in [3.05, 3.63) is 54.0 Å². The maximum absolute atomic E-state index is 11.2. The predicted molar refractivity (Wildman–Crippen MR) is 97.7 cm³/mol. The Morgan fingerprint density at radius 1 is 1.30 bits per heavy atom. The summed E-state index contributed by atoms with van der Waals surface area (Å²) >= 11 is 0. The van der Waals surface area contributed by atoms with Crippen molar-refractivity contribution in [2.45, 2.75) is 25.3 Å². The molecular formula is C18H21N7O2. The maximum Gasteiger partial charge on any atom is 0.354 e. The van der Waals surface area contributed by atoms with Crippen molar-refractivity contribution in [3.8, 4) is 0 Å². The van der Waals surface area contributed by atoms with E-state index in [1.165, 1.54) is 6.07 Å². The molecule has 0 unspecified atom stereocenters. The number of carbonyl (C=O) groups is 1. The lowest BCUT2D eigenvalue weighted by atomic mass is 9.97. The van der Waals surface area contributed by atoms with Crippen LogP contribution in [0.4, 0.5) is 5.82 Å². The van der Waals surface area contributed by atoms with Crippen molar-refractivity contribution in [2.24, 2.45) is 7.05 Å². The van der Waals surface area contributed by atoms with Crippen LogP contribution in [0.25, 0.3) is 0 Å². The van der Waals surface area contributed by atoms with Crippen LogP contribution in [-0.2, 0) is 13.6 Å². The van der Waals surface area contributed by atoms with Gasteiger partial charge in [0, 0.05) is 38.4 Å². The summed E-state index contributed by atoms with van der Waals surface area (Å²) in [4.78, 5) is 17.6. The van der Waals surface area contributed by atoms with Gasteiger partial charge in [-0.2, -0.15) is 5.10 Å². The van der Waals surface area contributed by atoms with Gasteiger partial charge in [-0.1, -0.05) is 6.07 Å². The number of aromatic carboxylic acids is 1. The summed E-state index contributed by atoms with van der Waals surface area (Å²) in [6.07, 6.45) is 5.65. The number of hydrogen-bond acceptors (Lipinski definition) is 6. The molecule has 0 aliphatic carbocycles. The van der Waals surface area contributed by atoms with Crippen LogP contribution in [0.1, 0.15) is 40.9 Å². The van der Waals surface area contributed by atoms with Crippen molar-refractivity contribution in [1.29, 1.82) is 0 Å². The molecule has 0 aromatic carbocycles. The largest absolute Gasteiger partial charge is 0.477 e. The van der Waals surface area contributed by atoms with Gasteiger partial charge >= 0.3 is 5.97 Å². The third kappa shape index (κ3) is 3.53. The minimum Gasteiger partial charge on any atom is -0.477 e. The summed E-state index contributed by atoms with van der Waals surface area (Å²) < 4.78 is 3.86. The Morgan fingerprint density at radius 2 is 2.19 bits per heavy atom. The van der Waals surface area contributed by atoms with E-state index in [-0.39, 0.29) is 11.6 Å². The molecule has 0 spiro atoms. The summed E-state index contributed by atoms with van der Waals surface area (Å²) in [7, 11) is 1.98. The average Bonchev–Trinajstić information content (AvgIpc) is 3.33. The molecule has 4 rings (SSSR count). The van der Waals surface area contributed by atoms with Crippen LogP contribution in [0, 0.1) is 0 Å². The van der Waals surface area contributed by atoms with E-state index >= 15 is 0 Å². The van der Waals surface area contributed by atoms with Gasteiger partial charge in [0.1, 0.15) is 18.2 Å². The van der Waals surface area contributed by atoms with E-state index in [0.29, 0.717) is 12.4 Å². The number of aromatic nitrogens is 6. The molecule has 0 amide bonds. The molecule has 0 saturated carbocycles. The highest BCUT2D eigenvalue weighted by molar-refractivity contribution is 5.85. The van der Waals surface area contributed by atoms with Crippen LogP contribution in [0.15, 0.2) is 36.7 Å². The lowest BCUT2D eigenvalue weighted by molar-refractivity contribution is 0.0690. The molecule has 1 fully saturated rings. The number of anilines is 1. The number of nitrogens with zero attached hydrogens (tertiary/aromatic N) is 7. The van der Waals surface area contributed by atoms with Crippen molar-refractivity contribution in [1.82, 2.24) is 29.5 Å². The highest BCUT2D eigenvalue weighted by Crippen LogP contribution is 2.28. The van der Waals surface area contributed by atoms with Crippen molar-refractivity contribution >= 4 is 11.8 Å². The summed E-state index contributed by atoms with van der Waals surface area (Å²) in [5, 5.41) is 22.2. The predicted octanol–water partition coefficient (Wildman–Crippen LogP) is 1.54. The Labute approximate surface area is 156 Å². The van der Waals surface area contributed by atoms with Gasteiger partial charge in [-0.3, -0.25) is 4.68 Å². The number of piperidine rings is 1. The SMILES string of the molecule is Cn1c(Cn2cccn2)nnc1[C@@H]1CCCN(c2cccc(C(=O)O)n2)C1. The highest BCUT2D eigenvalue weighted by atomic mass is 16.4. The van der Waals surface area contributed by atoms with Crippen LogP contribution >= 0.6 is 0 Å². The van der Waals surface area contributed by atoms with Crippen LogP contribution in [0.3, 0.4) is 0 Å². The molecule has 140 valence electrons. The van der Waals surface area contributed by atoms with E-state index in [0.717, 1.165) is 37.6 Å². The van der Waals surface area contributed by atoms with Gasteiger partial charge in [0.05, 0.1) is 0 Å². The summed E-state index contributed by atoms with van der Waals surface area (Å²) in [6.45, 7) is 2.17. The summed E-state index contributed by atoms with van der Waals surface area (Å²) in [5.74, 6) is 1.70. The fourth-order valence-corrected chi connectivity index (χ4v) is 3.52. The first-order chi connectivity index (χ1) is 13.1. The van der Waals surface area contributed by atoms with Crippen molar-refractivity contribution < 1.29 is 9.90 Å². The first kappa shape index (κ1) is 17.2. The van der Waals surface area contributed by atoms with Crippen LogP contribution in [0.2, 0.25) is 0 Å². The first-order valence-electron chi connectivity index (χ1n) is 8.92. The summed E-state index contributed by atoms with van der Waals surface area (Å²) in [6, 6.07) is 6.99. The molecule has 1 aliphatic rings. The number of rotatable bonds is 5. The van der Waals surface area contributed by atoms with E-state index in [2.05, 4.69) is 25.2 Å². The number of carboxylic acid groups (broad SMARTS) is 1. The lowest BCUT2D eigenvalue weighted by Crippen LogP contribution is -2.36. The Kier molecular flexibility index (Phi) is 4.57. The molecule has 1 N–H and O–H groups in total. The van der Waals surface area contributed by atoms with Gasteiger partial charge in [-0.05, 0) is 31.0 Å². The van der Waals surface area contributed by atoms with Crippen molar-refractivity contribution in [3.63, 3.8) is 0 Å². The Morgan fingerprint density at radius 3 is 2.96 bits per heavy atom. The standard InChI is InChI=1S/C18H21N7O2/c1-23-16(12-25-10-4-8-19-25)21-22-17(23)13-5-3-9-24(11-13)15-7-2-6-14(20-15)18(26)27/h2,4,6-8,10,13H,3,5,9,11-12H2,1H3,(H,26,27)/t13-/m1/s1. The number of pyridine rings is 1. The molecule has 1 atom stereocenters. The van der Waals surface area contributed by atoms with Gasteiger partial charge in [0.25, 0.3) is 0 Å². The summed E-state index contributed by atoms with van der Waals surface area (Å²) in [5.41, 5.74) is 0.0646. The van der Waals surface area contributed by atoms with Crippen LogP contribution < -0.4 is 4.90 Å². The fraction of sp³-hybridized carbons (Fsp3) is 0.389. The fourth-order valence-electron chi connectivity index (χ4n) is 3.52. The monoisotopic (exact) mass is 367 g/mol. The lowest BCUT2D eigenvalue weighted by Gasteiger charge is -2.33. The first-order valence-corrected chi connectivity index (χ1v) is 8.92. The zero-order chi connectivity index (χ0) is 18.8. The zero-order valence-corrected chi connectivity index (χ0v) is 15.1. The molecular weight excluding hydrogens is 346 g/mol. The molecule has 3 aromatic rings. The molecule has 0 bridgehead atoms. The molecule has 9 heteroatoms. The molecule has 9 nitrogen and oxygen atoms in total. The van der Waals surface area contributed by atoms with E-state index in [4.69, 9.17) is 0 Å². The smallest absolute Gasteiger partial charge is 0.354 e. The molecule has 4 heterocycles. The third-order valence-corrected chi connectivity index (χ3v) is 4.93. The Bertz CT molecular complexity index is 935. The van der Waals surface area contributed by atoms with Gasteiger partial charge in [0.2, 0.25) is 0 Å². The van der Waals surface area contributed by atoms with Gasteiger partial charge < -0.3 is 14.6 Å². The van der Waals surface area contributed by atoms with E-state index in [1.54, 1.807) is 12.3 Å². The zero-order valence-electron chi connectivity index (χ0n) is 15.1. The normalized spacial score (nSPS) is 17.2. The highest BCUT2D eigenvalue weighted by Gasteiger charge is 2.27. The Balaban J connectivity index is 1.52. The molecule has 3 aromatic heterocycles. The topological polar surface area (TPSA) is 102 Å². The van der Waals surface area contributed by atoms with Gasteiger partial charge in [-0.15, -0.1) is 10.2 Å². The quantitative estimate of drug-likeness (QED) is 0.730. The second-order valence-corrected chi connectivity index (χ2v) is 6.71. The minimum absolute atomic E-state index is 0.0646. The van der Waals surface area contributed by atoms with Crippen LogP contribution in [0.5, 0.6) is 0 Å². The van der Waals surface area contributed by atoms with Gasteiger partial charge in [0.15, 0.2) is 11.5 Å². The average molecular weight is 367 g/mol. The number of carboxylic acids is 1. The van der Waals surface area contributed by atoms with E-state index < -0.39 is 5.97 Å². The molecule has 0 radical (unpaired) electrons.